The fraction of sp³-hybridized carbons (Fsp3) is 0.250. The van der Waals surface area contributed by atoms with Crippen LogP contribution in [0.2, 0.25) is 0 Å². The van der Waals surface area contributed by atoms with Crippen molar-refractivity contribution in [2.24, 2.45) is 0 Å². The van der Waals surface area contributed by atoms with Crippen LogP contribution in [0.1, 0.15) is 40.6 Å². The number of aromatic nitrogens is 4. The largest absolute Gasteiger partial charge is 0.330 e. The van der Waals surface area contributed by atoms with Gasteiger partial charge in [-0.05, 0) is 49.6 Å². The summed E-state index contributed by atoms with van der Waals surface area (Å²) in [7, 11) is 0. The third-order valence-corrected chi connectivity index (χ3v) is 4.60. The van der Waals surface area contributed by atoms with Gasteiger partial charge in [0.2, 0.25) is 0 Å². The third kappa shape index (κ3) is 3.76. The standard InChI is InChI=1S/C20H20N6O/c1-14-12-24-16(13-23-14)20(27)26-10-4-5-17(26)15-7-9-22-19(11-15)25-18-6-2-3-8-21-18/h2-3,6-9,11-13,17H,4-5,10H2,1H3,(H,21,22,25). The number of hydrogen-bond donors (Lipinski definition) is 1. The minimum Gasteiger partial charge on any atom is -0.330 e. The Kier molecular flexibility index (Phi) is 4.74. The van der Waals surface area contributed by atoms with E-state index in [1.54, 1.807) is 24.8 Å². The Hall–Kier alpha value is -3.35. The van der Waals surface area contributed by atoms with E-state index in [-0.39, 0.29) is 11.9 Å². The van der Waals surface area contributed by atoms with E-state index in [1.807, 2.05) is 42.2 Å². The number of nitrogens with zero attached hydrogens (tertiary/aromatic N) is 5. The lowest BCUT2D eigenvalue weighted by Gasteiger charge is -2.25. The molecule has 0 aliphatic carbocycles. The zero-order valence-corrected chi connectivity index (χ0v) is 15.0. The van der Waals surface area contributed by atoms with Crippen molar-refractivity contribution in [1.82, 2.24) is 24.8 Å². The topological polar surface area (TPSA) is 83.9 Å². The van der Waals surface area contributed by atoms with Gasteiger partial charge < -0.3 is 10.2 Å². The molecule has 1 N–H and O–H groups in total. The van der Waals surface area contributed by atoms with Crippen molar-refractivity contribution in [1.29, 1.82) is 0 Å². The van der Waals surface area contributed by atoms with Gasteiger partial charge in [-0.1, -0.05) is 6.07 Å². The molecule has 3 aromatic heterocycles. The highest BCUT2D eigenvalue weighted by molar-refractivity contribution is 5.92. The van der Waals surface area contributed by atoms with Crippen molar-refractivity contribution in [3.8, 4) is 0 Å². The number of anilines is 2. The average molecular weight is 360 g/mol. The van der Waals surface area contributed by atoms with Crippen LogP contribution in [0, 0.1) is 6.92 Å². The second-order valence-corrected chi connectivity index (χ2v) is 6.51. The first kappa shape index (κ1) is 17.1. The van der Waals surface area contributed by atoms with Gasteiger partial charge in [-0.15, -0.1) is 0 Å². The molecule has 1 aliphatic rings. The van der Waals surface area contributed by atoms with E-state index in [4.69, 9.17) is 0 Å². The van der Waals surface area contributed by atoms with E-state index in [9.17, 15) is 4.79 Å². The summed E-state index contributed by atoms with van der Waals surface area (Å²) in [5.74, 6) is 1.36. The minimum absolute atomic E-state index is 0.00730. The van der Waals surface area contributed by atoms with Gasteiger partial charge in [0.15, 0.2) is 0 Å². The number of pyridine rings is 2. The molecule has 1 amide bonds. The summed E-state index contributed by atoms with van der Waals surface area (Å²) in [6.07, 6.45) is 8.53. The smallest absolute Gasteiger partial charge is 0.274 e. The van der Waals surface area contributed by atoms with Gasteiger partial charge in [-0.2, -0.15) is 0 Å². The van der Waals surface area contributed by atoms with Crippen LogP contribution in [0.25, 0.3) is 0 Å². The van der Waals surface area contributed by atoms with Crippen LogP contribution in [0.5, 0.6) is 0 Å². The molecule has 1 fully saturated rings. The molecule has 0 saturated carbocycles. The quantitative estimate of drug-likeness (QED) is 0.768. The molecule has 1 unspecified atom stereocenters. The van der Waals surface area contributed by atoms with Gasteiger partial charge in [-0.25, -0.2) is 15.0 Å². The molecule has 3 aromatic rings. The summed E-state index contributed by atoms with van der Waals surface area (Å²) in [5, 5.41) is 3.20. The van der Waals surface area contributed by atoms with Crippen LogP contribution in [0.15, 0.2) is 55.1 Å². The molecule has 136 valence electrons. The predicted molar refractivity (Wildman–Crippen MR) is 102 cm³/mol. The summed E-state index contributed by atoms with van der Waals surface area (Å²) < 4.78 is 0. The van der Waals surface area contributed by atoms with Gasteiger partial charge in [0, 0.05) is 25.1 Å². The molecule has 7 heteroatoms. The highest BCUT2D eigenvalue weighted by Gasteiger charge is 2.31. The molecular formula is C20H20N6O. The van der Waals surface area contributed by atoms with Crippen molar-refractivity contribution in [2.45, 2.75) is 25.8 Å². The van der Waals surface area contributed by atoms with Crippen LogP contribution in [-0.4, -0.2) is 37.3 Å². The Morgan fingerprint density at radius 1 is 1.07 bits per heavy atom. The maximum absolute atomic E-state index is 12.9. The van der Waals surface area contributed by atoms with Gasteiger partial charge in [0.1, 0.15) is 17.3 Å². The maximum Gasteiger partial charge on any atom is 0.274 e. The summed E-state index contributed by atoms with van der Waals surface area (Å²) >= 11 is 0. The van der Waals surface area contributed by atoms with Crippen molar-refractivity contribution >= 4 is 17.5 Å². The summed E-state index contributed by atoms with van der Waals surface area (Å²) in [4.78, 5) is 31.8. The van der Waals surface area contributed by atoms with Gasteiger partial charge in [-0.3, -0.25) is 9.78 Å². The normalized spacial score (nSPS) is 16.3. The zero-order chi connectivity index (χ0) is 18.6. The molecule has 1 atom stereocenters. The number of amides is 1. The summed E-state index contributed by atoms with van der Waals surface area (Å²) in [5.41, 5.74) is 2.23. The molecule has 0 spiro atoms. The number of rotatable bonds is 4. The molecule has 4 rings (SSSR count). The summed E-state index contributed by atoms with van der Waals surface area (Å²) in [6.45, 7) is 2.57. The van der Waals surface area contributed by atoms with E-state index >= 15 is 0 Å². The Balaban J connectivity index is 1.56. The van der Waals surface area contributed by atoms with E-state index in [1.165, 1.54) is 0 Å². The predicted octanol–water partition coefficient (Wildman–Crippen LogP) is 3.30. The van der Waals surface area contributed by atoms with E-state index < -0.39 is 0 Å². The number of carbonyl (C=O) groups is 1. The Morgan fingerprint density at radius 2 is 1.96 bits per heavy atom. The first-order valence-electron chi connectivity index (χ1n) is 8.94. The molecule has 1 saturated heterocycles. The van der Waals surface area contributed by atoms with E-state index in [2.05, 4.69) is 25.3 Å². The van der Waals surface area contributed by atoms with E-state index in [0.717, 1.165) is 29.9 Å². The van der Waals surface area contributed by atoms with Crippen LogP contribution in [0.3, 0.4) is 0 Å². The van der Waals surface area contributed by atoms with Crippen molar-refractivity contribution in [3.05, 3.63) is 72.1 Å². The third-order valence-electron chi connectivity index (χ3n) is 4.60. The maximum atomic E-state index is 12.9. The highest BCUT2D eigenvalue weighted by atomic mass is 16.2. The number of nitrogens with one attached hydrogen (secondary N) is 1. The highest BCUT2D eigenvalue weighted by Crippen LogP contribution is 2.33. The molecule has 0 aromatic carbocycles. The zero-order valence-electron chi connectivity index (χ0n) is 15.0. The fourth-order valence-electron chi connectivity index (χ4n) is 3.30. The van der Waals surface area contributed by atoms with Crippen LogP contribution in [0.4, 0.5) is 11.6 Å². The van der Waals surface area contributed by atoms with Crippen molar-refractivity contribution in [3.63, 3.8) is 0 Å². The molecular weight excluding hydrogens is 340 g/mol. The fourth-order valence-corrected chi connectivity index (χ4v) is 3.30. The SMILES string of the molecule is Cc1cnc(C(=O)N2CCCC2c2ccnc(Nc3ccccn3)c2)cn1. The molecule has 4 heterocycles. The molecule has 0 radical (unpaired) electrons. The molecule has 7 nitrogen and oxygen atoms in total. The van der Waals surface area contributed by atoms with Gasteiger partial charge >= 0.3 is 0 Å². The Labute approximate surface area is 157 Å². The number of hydrogen-bond acceptors (Lipinski definition) is 6. The molecule has 0 bridgehead atoms. The number of likely N-dealkylation sites (tertiary alicyclic amines) is 1. The van der Waals surface area contributed by atoms with Gasteiger partial charge in [0.05, 0.1) is 17.9 Å². The van der Waals surface area contributed by atoms with Crippen LogP contribution >= 0.6 is 0 Å². The van der Waals surface area contributed by atoms with Crippen LogP contribution < -0.4 is 5.32 Å². The first-order valence-corrected chi connectivity index (χ1v) is 8.94. The van der Waals surface area contributed by atoms with Crippen molar-refractivity contribution < 1.29 is 4.79 Å². The van der Waals surface area contributed by atoms with E-state index in [0.29, 0.717) is 18.1 Å². The number of carbonyl (C=O) groups excluding carboxylic acids is 1. The van der Waals surface area contributed by atoms with Crippen LogP contribution in [-0.2, 0) is 0 Å². The lowest BCUT2D eigenvalue weighted by atomic mass is 10.1. The lowest BCUT2D eigenvalue weighted by molar-refractivity contribution is 0.0729. The lowest BCUT2D eigenvalue weighted by Crippen LogP contribution is -2.31. The Morgan fingerprint density at radius 3 is 2.74 bits per heavy atom. The molecule has 27 heavy (non-hydrogen) atoms. The second-order valence-electron chi connectivity index (χ2n) is 6.51. The van der Waals surface area contributed by atoms with Gasteiger partial charge in [0.25, 0.3) is 5.91 Å². The number of aryl methyl sites for hydroxylation is 1. The monoisotopic (exact) mass is 360 g/mol. The minimum atomic E-state index is -0.0824. The van der Waals surface area contributed by atoms with Crippen molar-refractivity contribution in [2.75, 3.05) is 11.9 Å². The molecule has 1 aliphatic heterocycles. The Bertz CT molecular complexity index is 929. The second kappa shape index (κ2) is 7.49. The average Bonchev–Trinajstić information content (AvgIpc) is 3.19. The first-order chi connectivity index (χ1) is 13.2. The summed E-state index contributed by atoms with van der Waals surface area (Å²) in [6, 6.07) is 9.61.